The number of halogens is 1. The van der Waals surface area contributed by atoms with Crippen LogP contribution in [-0.2, 0) is 0 Å². The van der Waals surface area contributed by atoms with Gasteiger partial charge in [-0.15, -0.1) is 5.10 Å². The van der Waals surface area contributed by atoms with Crippen LogP contribution in [0.1, 0.15) is 26.9 Å². The average molecular weight is 341 g/mol. The van der Waals surface area contributed by atoms with E-state index in [1.807, 2.05) is 0 Å². The Morgan fingerprint density at radius 2 is 2.20 bits per heavy atom. The van der Waals surface area contributed by atoms with E-state index in [2.05, 4.69) is 26.2 Å². The molecule has 2 aromatic rings. The first-order chi connectivity index (χ1) is 9.56. The summed E-state index contributed by atoms with van der Waals surface area (Å²) >= 11 is 3.16. The van der Waals surface area contributed by atoms with Gasteiger partial charge in [-0.1, -0.05) is 5.21 Å². The molecule has 8 nitrogen and oxygen atoms in total. The van der Waals surface area contributed by atoms with Crippen LogP contribution >= 0.6 is 15.9 Å². The second kappa shape index (κ2) is 4.75. The Morgan fingerprint density at radius 3 is 2.75 bits per heavy atom. The van der Waals surface area contributed by atoms with E-state index in [9.17, 15) is 9.59 Å². The minimum absolute atomic E-state index is 0.0507. The molecule has 104 valence electrons. The third kappa shape index (κ3) is 2.09. The fourth-order valence-electron chi connectivity index (χ4n) is 1.96. The highest BCUT2D eigenvalue weighted by Crippen LogP contribution is 2.26. The molecule has 0 radical (unpaired) electrons. The van der Waals surface area contributed by atoms with Gasteiger partial charge in [0.15, 0.2) is 10.4 Å². The molecule has 0 saturated carbocycles. The highest BCUT2D eigenvalue weighted by molar-refractivity contribution is 9.10. The predicted octanol–water partition coefficient (Wildman–Crippen LogP) is 1.03. The van der Waals surface area contributed by atoms with E-state index in [0.717, 1.165) is 0 Å². The SMILES string of the molecule is O=C(O)c1cn(C2CN(C(=O)c3ccoc3Br)C2)nn1. The number of hydrogen-bond acceptors (Lipinski definition) is 5. The Morgan fingerprint density at radius 1 is 1.45 bits per heavy atom. The molecule has 0 spiro atoms. The zero-order chi connectivity index (χ0) is 14.3. The van der Waals surface area contributed by atoms with Gasteiger partial charge in [0, 0.05) is 13.1 Å². The first-order valence-electron chi connectivity index (χ1n) is 5.73. The molecular formula is C11H9BrN4O4. The van der Waals surface area contributed by atoms with Crippen molar-refractivity contribution in [3.63, 3.8) is 0 Å². The van der Waals surface area contributed by atoms with E-state index in [0.29, 0.717) is 23.3 Å². The molecule has 20 heavy (non-hydrogen) atoms. The van der Waals surface area contributed by atoms with Gasteiger partial charge in [-0.3, -0.25) is 4.79 Å². The second-order valence-electron chi connectivity index (χ2n) is 4.36. The Labute approximate surface area is 121 Å². The maximum Gasteiger partial charge on any atom is 0.358 e. The topological polar surface area (TPSA) is 101 Å². The quantitative estimate of drug-likeness (QED) is 0.895. The number of nitrogens with zero attached hydrogens (tertiary/aromatic N) is 4. The number of carboxylic acids is 1. The molecule has 3 heterocycles. The van der Waals surface area contributed by atoms with Crippen LogP contribution in [0.25, 0.3) is 0 Å². The molecule has 0 aliphatic carbocycles. The summed E-state index contributed by atoms with van der Waals surface area (Å²) in [5.41, 5.74) is 0.362. The Hall–Kier alpha value is -2.16. The fourth-order valence-corrected chi connectivity index (χ4v) is 2.37. The predicted molar refractivity (Wildman–Crippen MR) is 68.3 cm³/mol. The summed E-state index contributed by atoms with van der Waals surface area (Å²) in [6, 6.07) is 1.54. The maximum absolute atomic E-state index is 12.1. The van der Waals surface area contributed by atoms with Crippen LogP contribution < -0.4 is 0 Å². The summed E-state index contributed by atoms with van der Waals surface area (Å²) in [7, 11) is 0. The maximum atomic E-state index is 12.1. The largest absolute Gasteiger partial charge is 0.476 e. The van der Waals surface area contributed by atoms with E-state index < -0.39 is 5.97 Å². The van der Waals surface area contributed by atoms with Gasteiger partial charge >= 0.3 is 5.97 Å². The second-order valence-corrected chi connectivity index (χ2v) is 5.08. The number of amides is 1. The lowest BCUT2D eigenvalue weighted by atomic mass is 10.1. The Bertz CT molecular complexity index is 674. The van der Waals surface area contributed by atoms with Gasteiger partial charge in [-0.05, 0) is 22.0 Å². The highest BCUT2D eigenvalue weighted by atomic mass is 79.9. The van der Waals surface area contributed by atoms with Gasteiger partial charge in [0.25, 0.3) is 5.91 Å². The number of hydrogen-bond donors (Lipinski definition) is 1. The zero-order valence-corrected chi connectivity index (χ0v) is 11.6. The van der Waals surface area contributed by atoms with E-state index in [1.54, 1.807) is 11.0 Å². The van der Waals surface area contributed by atoms with Gasteiger partial charge < -0.3 is 14.4 Å². The van der Waals surface area contributed by atoms with Crippen molar-refractivity contribution in [3.8, 4) is 0 Å². The summed E-state index contributed by atoms with van der Waals surface area (Å²) in [6.07, 6.45) is 2.80. The van der Waals surface area contributed by atoms with Crippen LogP contribution in [0.4, 0.5) is 0 Å². The number of carbonyl (C=O) groups is 2. The van der Waals surface area contributed by atoms with Crippen molar-refractivity contribution in [2.45, 2.75) is 6.04 Å². The van der Waals surface area contributed by atoms with Crippen LogP contribution in [-0.4, -0.2) is 50.0 Å². The molecular weight excluding hydrogens is 332 g/mol. The van der Waals surface area contributed by atoms with Gasteiger partial charge in [-0.2, -0.15) is 0 Å². The van der Waals surface area contributed by atoms with E-state index in [4.69, 9.17) is 9.52 Å². The summed E-state index contributed by atoms with van der Waals surface area (Å²) in [5.74, 6) is -1.26. The highest BCUT2D eigenvalue weighted by Gasteiger charge is 2.34. The van der Waals surface area contributed by atoms with Crippen molar-refractivity contribution in [1.82, 2.24) is 19.9 Å². The van der Waals surface area contributed by atoms with Crippen molar-refractivity contribution in [1.29, 1.82) is 0 Å². The van der Waals surface area contributed by atoms with Crippen molar-refractivity contribution in [2.75, 3.05) is 13.1 Å². The van der Waals surface area contributed by atoms with Crippen LogP contribution in [0.5, 0.6) is 0 Å². The smallest absolute Gasteiger partial charge is 0.358 e. The van der Waals surface area contributed by atoms with Crippen molar-refractivity contribution in [3.05, 3.63) is 34.5 Å². The Balaban J connectivity index is 1.65. The third-order valence-electron chi connectivity index (χ3n) is 3.10. The monoisotopic (exact) mass is 340 g/mol. The Kier molecular flexibility index (Phi) is 3.05. The van der Waals surface area contributed by atoms with Gasteiger partial charge in [-0.25, -0.2) is 9.48 Å². The summed E-state index contributed by atoms with van der Waals surface area (Å²) in [6.45, 7) is 0.914. The van der Waals surface area contributed by atoms with E-state index in [1.165, 1.54) is 17.1 Å². The van der Waals surface area contributed by atoms with Crippen LogP contribution in [0.2, 0.25) is 0 Å². The molecule has 1 saturated heterocycles. The number of furan rings is 1. The third-order valence-corrected chi connectivity index (χ3v) is 3.72. The normalized spacial score (nSPS) is 15.2. The molecule has 1 aliphatic heterocycles. The number of rotatable bonds is 3. The molecule has 2 aromatic heterocycles. The molecule has 1 N–H and O–H groups in total. The minimum Gasteiger partial charge on any atom is -0.476 e. The van der Waals surface area contributed by atoms with Gasteiger partial charge in [0.05, 0.1) is 24.1 Å². The molecule has 0 aromatic carbocycles. The summed E-state index contributed by atoms with van der Waals surface area (Å²) in [5, 5.41) is 16.1. The van der Waals surface area contributed by atoms with E-state index in [-0.39, 0.29) is 17.6 Å². The molecule has 0 atom stereocenters. The van der Waals surface area contributed by atoms with Crippen molar-refractivity contribution < 1.29 is 19.1 Å². The zero-order valence-electron chi connectivity index (χ0n) is 10.1. The van der Waals surface area contributed by atoms with Crippen LogP contribution in [0.15, 0.2) is 27.6 Å². The summed E-state index contributed by atoms with van der Waals surface area (Å²) in [4.78, 5) is 24.4. The number of carboxylic acid groups (broad SMARTS) is 1. The first-order valence-corrected chi connectivity index (χ1v) is 6.53. The molecule has 9 heteroatoms. The van der Waals surface area contributed by atoms with Gasteiger partial charge in [0.2, 0.25) is 0 Å². The lowest BCUT2D eigenvalue weighted by Gasteiger charge is -2.38. The van der Waals surface area contributed by atoms with Crippen molar-refractivity contribution >= 4 is 27.8 Å². The van der Waals surface area contributed by atoms with Crippen LogP contribution in [0.3, 0.4) is 0 Å². The number of aromatic carboxylic acids is 1. The molecule has 1 fully saturated rings. The molecule has 3 rings (SSSR count). The molecule has 0 unspecified atom stereocenters. The number of likely N-dealkylation sites (tertiary alicyclic amines) is 1. The van der Waals surface area contributed by atoms with E-state index >= 15 is 0 Å². The summed E-state index contributed by atoms with van der Waals surface area (Å²) < 4.78 is 6.89. The average Bonchev–Trinajstić information content (AvgIpc) is 2.95. The number of aromatic nitrogens is 3. The minimum atomic E-state index is -1.12. The van der Waals surface area contributed by atoms with Crippen LogP contribution in [0, 0.1) is 0 Å². The molecule has 1 aliphatic rings. The molecule has 0 bridgehead atoms. The fraction of sp³-hybridized carbons (Fsp3) is 0.273. The molecule has 1 amide bonds. The van der Waals surface area contributed by atoms with Gasteiger partial charge in [0.1, 0.15) is 0 Å². The van der Waals surface area contributed by atoms with Crippen molar-refractivity contribution in [2.24, 2.45) is 0 Å². The first kappa shape index (κ1) is 12.9. The lowest BCUT2D eigenvalue weighted by Crippen LogP contribution is -2.50. The number of carbonyl (C=O) groups excluding carboxylic acids is 1. The standard InChI is InChI=1S/C11H9BrN4O4/c12-9-7(1-2-20-9)10(17)15-3-6(4-15)16-5-8(11(18)19)13-14-16/h1-2,5-6H,3-4H2,(H,18,19). The lowest BCUT2D eigenvalue weighted by molar-refractivity contribution is 0.0495.